The fourth-order valence-electron chi connectivity index (χ4n) is 7.18. The molecule has 0 nitrogen and oxygen atoms in total. The van der Waals surface area contributed by atoms with Crippen molar-refractivity contribution in [3.63, 3.8) is 0 Å². The fraction of sp³-hybridized carbons (Fsp3) is 0.0357. The van der Waals surface area contributed by atoms with E-state index in [1.165, 1.54) is 89.0 Å². The Hall–Kier alpha value is -7.02. The molecule has 0 unspecified atom stereocenters. The van der Waals surface area contributed by atoms with E-state index in [4.69, 9.17) is 0 Å². The van der Waals surface area contributed by atoms with Gasteiger partial charge in [0.25, 0.3) is 0 Å². The molecule has 0 N–H and O–H groups in total. The van der Waals surface area contributed by atoms with E-state index in [9.17, 15) is 0 Å². The van der Waals surface area contributed by atoms with E-state index in [1.54, 1.807) is 0 Å². The normalized spacial score (nSPS) is 10.7. The van der Waals surface area contributed by atoms with E-state index in [2.05, 4.69) is 244 Å². The van der Waals surface area contributed by atoms with E-state index in [0.717, 1.165) is 0 Å². The Bertz CT molecular complexity index is 2650. The first-order valence-electron chi connectivity index (χ1n) is 19.3. The predicted molar refractivity (Wildman–Crippen MR) is 240 cm³/mol. The van der Waals surface area contributed by atoms with E-state index in [1.807, 2.05) is 0 Å². The number of hydrogen-bond acceptors (Lipinski definition) is 0. The first-order valence-corrected chi connectivity index (χ1v) is 19.3. The lowest BCUT2D eigenvalue weighted by atomic mass is 9.95. The number of hydrogen-bond donors (Lipinski definition) is 0. The zero-order valence-electron chi connectivity index (χ0n) is 31.9. The zero-order chi connectivity index (χ0) is 38.1. The molecule has 0 atom stereocenters. The minimum Gasteiger partial charge on any atom is -0.0622 e. The van der Waals surface area contributed by atoms with E-state index >= 15 is 0 Å². The van der Waals surface area contributed by atoms with Crippen molar-refractivity contribution in [2.24, 2.45) is 0 Å². The van der Waals surface area contributed by atoms with Gasteiger partial charge in [-0.05, 0) is 110 Å². The van der Waals surface area contributed by atoms with E-state index < -0.39 is 0 Å². The third-order valence-corrected chi connectivity index (χ3v) is 10.3. The van der Waals surface area contributed by atoms with Crippen molar-refractivity contribution >= 4 is 0 Å². The maximum absolute atomic E-state index is 2.28. The number of rotatable bonds is 7. The van der Waals surface area contributed by atoms with Crippen LogP contribution in [-0.4, -0.2) is 0 Å². The molecule has 9 aromatic carbocycles. The summed E-state index contributed by atoms with van der Waals surface area (Å²) in [6.45, 7) is 4.26. The van der Waals surface area contributed by atoms with Crippen molar-refractivity contribution in [1.29, 1.82) is 0 Å². The van der Waals surface area contributed by atoms with Crippen LogP contribution in [0.4, 0.5) is 0 Å². The highest BCUT2D eigenvalue weighted by atomic mass is 14.1. The summed E-state index contributed by atoms with van der Waals surface area (Å²) in [4.78, 5) is 0. The minimum absolute atomic E-state index is 1.23. The van der Waals surface area contributed by atoms with Gasteiger partial charge in [0.15, 0.2) is 0 Å². The van der Waals surface area contributed by atoms with Crippen LogP contribution in [0, 0.1) is 13.8 Å². The van der Waals surface area contributed by atoms with Crippen molar-refractivity contribution in [3.05, 3.63) is 242 Å². The van der Waals surface area contributed by atoms with Crippen LogP contribution in [0.5, 0.6) is 0 Å². The molecule has 0 aliphatic heterocycles. The highest BCUT2D eigenvalue weighted by Crippen LogP contribution is 2.32. The van der Waals surface area contributed by atoms with Crippen LogP contribution in [0.3, 0.4) is 0 Å². The predicted octanol–water partition coefficient (Wildman–Crippen LogP) is 15.7. The quantitative estimate of drug-likeness (QED) is 0.154. The van der Waals surface area contributed by atoms with Crippen LogP contribution >= 0.6 is 0 Å². The minimum atomic E-state index is 1.23. The van der Waals surface area contributed by atoms with Crippen molar-refractivity contribution in [2.75, 3.05) is 0 Å². The largest absolute Gasteiger partial charge is 0.0622 e. The zero-order valence-corrected chi connectivity index (χ0v) is 31.9. The molecular formula is C56H44. The van der Waals surface area contributed by atoms with E-state index in [0.29, 0.717) is 0 Å². The average Bonchev–Trinajstić information content (AvgIpc) is 3.28. The van der Waals surface area contributed by atoms with Crippen molar-refractivity contribution < 1.29 is 0 Å². The topological polar surface area (TPSA) is 0 Å². The molecule has 0 bridgehead atoms. The highest BCUT2D eigenvalue weighted by Gasteiger charge is 2.06. The van der Waals surface area contributed by atoms with Gasteiger partial charge in [-0.3, -0.25) is 0 Å². The molecule has 0 aromatic heterocycles. The Labute approximate surface area is 332 Å². The standard InChI is InChI=1S/C31H24.C25H20/c1-23-13-15-26(16-14-23)28-9-5-11-30(21-28)31-12-6-10-29(22-31)27-19-17-25(18-20-27)24-7-3-2-4-8-24;1-19-7-5-10-23(17-19)25-12-6-11-24(18-25)22-15-13-21(14-16-22)20-8-3-2-4-9-20/h2-22H,1H3;2-18H,1H3. The fourth-order valence-corrected chi connectivity index (χ4v) is 7.18. The third-order valence-electron chi connectivity index (χ3n) is 10.3. The summed E-state index contributed by atoms with van der Waals surface area (Å²) in [5.74, 6) is 0. The van der Waals surface area contributed by atoms with Gasteiger partial charge in [-0.25, -0.2) is 0 Å². The summed E-state index contributed by atoms with van der Waals surface area (Å²) in [6, 6.07) is 82.4. The Balaban J connectivity index is 0.000000161. The molecule has 268 valence electrons. The molecule has 0 spiro atoms. The smallest absolute Gasteiger partial charge is 0.0178 e. The van der Waals surface area contributed by atoms with Gasteiger partial charge in [-0.1, -0.05) is 223 Å². The van der Waals surface area contributed by atoms with Crippen LogP contribution in [0.2, 0.25) is 0 Å². The molecule has 56 heavy (non-hydrogen) atoms. The summed E-state index contributed by atoms with van der Waals surface area (Å²) in [5.41, 5.74) is 20.0. The molecule has 0 aliphatic carbocycles. The Kier molecular flexibility index (Phi) is 10.9. The van der Waals surface area contributed by atoms with Gasteiger partial charge < -0.3 is 0 Å². The number of aryl methyl sites for hydroxylation is 2. The van der Waals surface area contributed by atoms with Crippen LogP contribution in [0.25, 0.3) is 77.9 Å². The number of benzene rings is 9. The van der Waals surface area contributed by atoms with Gasteiger partial charge in [0, 0.05) is 0 Å². The molecule has 0 saturated heterocycles. The second-order valence-corrected chi connectivity index (χ2v) is 14.4. The van der Waals surface area contributed by atoms with Gasteiger partial charge >= 0.3 is 0 Å². The third kappa shape index (κ3) is 8.68. The molecule has 0 fully saturated rings. The van der Waals surface area contributed by atoms with Crippen LogP contribution in [0.15, 0.2) is 231 Å². The lowest BCUT2D eigenvalue weighted by Crippen LogP contribution is -1.84. The van der Waals surface area contributed by atoms with E-state index in [-0.39, 0.29) is 0 Å². The van der Waals surface area contributed by atoms with Gasteiger partial charge in [-0.2, -0.15) is 0 Å². The summed E-state index contributed by atoms with van der Waals surface area (Å²) < 4.78 is 0. The van der Waals surface area contributed by atoms with Crippen LogP contribution in [0.1, 0.15) is 11.1 Å². The molecule has 0 amide bonds. The molecular weight excluding hydrogens is 673 g/mol. The molecule has 0 heterocycles. The molecule has 0 radical (unpaired) electrons. The van der Waals surface area contributed by atoms with Crippen LogP contribution < -0.4 is 0 Å². The molecule has 0 saturated carbocycles. The van der Waals surface area contributed by atoms with Crippen molar-refractivity contribution in [1.82, 2.24) is 0 Å². The molecule has 9 rings (SSSR count). The monoisotopic (exact) mass is 716 g/mol. The SMILES string of the molecule is Cc1ccc(-c2cccc(-c3cccc(-c4ccc(-c5ccccc5)cc4)c3)c2)cc1.Cc1cccc(-c2cccc(-c3ccc(-c4ccccc4)cc3)c2)c1. The van der Waals surface area contributed by atoms with Crippen molar-refractivity contribution in [3.8, 4) is 77.9 Å². The average molecular weight is 717 g/mol. The first kappa shape index (κ1) is 36.0. The summed E-state index contributed by atoms with van der Waals surface area (Å²) in [5, 5.41) is 0. The Morgan fingerprint density at radius 2 is 0.393 bits per heavy atom. The maximum atomic E-state index is 2.28. The summed E-state index contributed by atoms with van der Waals surface area (Å²) >= 11 is 0. The lowest BCUT2D eigenvalue weighted by Gasteiger charge is -2.09. The highest BCUT2D eigenvalue weighted by molar-refractivity contribution is 5.79. The maximum Gasteiger partial charge on any atom is -0.0178 e. The van der Waals surface area contributed by atoms with Gasteiger partial charge in [0.05, 0.1) is 0 Å². The van der Waals surface area contributed by atoms with Gasteiger partial charge in [0.2, 0.25) is 0 Å². The summed E-state index contributed by atoms with van der Waals surface area (Å²) in [6.07, 6.45) is 0. The second-order valence-electron chi connectivity index (χ2n) is 14.4. The van der Waals surface area contributed by atoms with Gasteiger partial charge in [0.1, 0.15) is 0 Å². The second kappa shape index (κ2) is 17.0. The first-order chi connectivity index (χ1) is 27.6. The molecule has 9 aromatic rings. The Morgan fingerprint density at radius 3 is 0.732 bits per heavy atom. The van der Waals surface area contributed by atoms with Crippen molar-refractivity contribution in [2.45, 2.75) is 13.8 Å². The molecule has 0 heteroatoms. The molecule has 0 aliphatic rings. The Morgan fingerprint density at radius 1 is 0.161 bits per heavy atom. The van der Waals surface area contributed by atoms with Crippen LogP contribution in [-0.2, 0) is 0 Å². The lowest BCUT2D eigenvalue weighted by molar-refractivity contribution is 1.47. The summed E-state index contributed by atoms with van der Waals surface area (Å²) in [7, 11) is 0. The van der Waals surface area contributed by atoms with Gasteiger partial charge in [-0.15, -0.1) is 0 Å².